The number of nitrogens with two attached hydrogens (primary N) is 1. The van der Waals surface area contributed by atoms with Crippen LogP contribution in [0.3, 0.4) is 0 Å². The number of nitrogens with zero attached hydrogens (tertiary/aromatic N) is 1. The van der Waals surface area contributed by atoms with Crippen molar-refractivity contribution in [3.05, 3.63) is 29.8 Å². The van der Waals surface area contributed by atoms with Crippen molar-refractivity contribution >= 4 is 23.4 Å². The van der Waals surface area contributed by atoms with Crippen molar-refractivity contribution in [1.82, 2.24) is 0 Å². The van der Waals surface area contributed by atoms with E-state index in [1.165, 1.54) is 0 Å². The summed E-state index contributed by atoms with van der Waals surface area (Å²) in [4.78, 5) is 11.6. The topological polar surface area (TPSA) is 78.9 Å². The van der Waals surface area contributed by atoms with E-state index >= 15 is 0 Å². The average Bonchev–Trinajstić information content (AvgIpc) is 2.38. The molecule has 0 saturated heterocycles. The molecule has 1 unspecified atom stereocenters. The van der Waals surface area contributed by atoms with Gasteiger partial charge in [-0.25, -0.2) is 0 Å². The Morgan fingerprint density at radius 3 is 2.72 bits per heavy atom. The van der Waals surface area contributed by atoms with Gasteiger partial charge in [0.05, 0.1) is 17.4 Å². The molecule has 0 aliphatic heterocycles. The second-order valence-corrected chi connectivity index (χ2v) is 5.36. The van der Waals surface area contributed by atoms with Crippen molar-refractivity contribution in [2.75, 3.05) is 17.6 Å². The van der Waals surface area contributed by atoms with Gasteiger partial charge in [0.1, 0.15) is 0 Å². The highest BCUT2D eigenvalue weighted by Crippen LogP contribution is 2.14. The number of benzene rings is 1. The number of rotatable bonds is 6. The van der Waals surface area contributed by atoms with Crippen molar-refractivity contribution in [2.45, 2.75) is 18.6 Å². The molecule has 0 heterocycles. The van der Waals surface area contributed by atoms with Gasteiger partial charge in [0.15, 0.2) is 0 Å². The third-order valence-electron chi connectivity index (χ3n) is 2.37. The fourth-order valence-electron chi connectivity index (χ4n) is 1.36. The zero-order chi connectivity index (χ0) is 13.4. The molecule has 96 valence electrons. The predicted octanol–water partition coefficient (Wildman–Crippen LogP) is 1.97. The van der Waals surface area contributed by atoms with Crippen molar-refractivity contribution in [3.8, 4) is 6.07 Å². The Kier molecular flexibility index (Phi) is 6.26. The fraction of sp³-hybridized carbons (Fsp3) is 0.385. The number of carbonyl (C=O) groups excluding carboxylic acids is 1. The Morgan fingerprint density at radius 1 is 1.50 bits per heavy atom. The summed E-state index contributed by atoms with van der Waals surface area (Å²) in [6.45, 7) is 2.71. The molecule has 0 aliphatic rings. The Morgan fingerprint density at radius 2 is 2.17 bits per heavy atom. The van der Waals surface area contributed by atoms with Gasteiger partial charge in [0, 0.05) is 10.9 Å². The molecule has 1 aromatic carbocycles. The van der Waals surface area contributed by atoms with Gasteiger partial charge in [-0.3, -0.25) is 4.79 Å². The molecular weight excluding hydrogens is 246 g/mol. The molecule has 4 nitrogen and oxygen atoms in total. The van der Waals surface area contributed by atoms with E-state index < -0.39 is 0 Å². The molecule has 0 spiro atoms. The van der Waals surface area contributed by atoms with Gasteiger partial charge in [-0.2, -0.15) is 5.26 Å². The van der Waals surface area contributed by atoms with Crippen LogP contribution in [-0.2, 0) is 4.79 Å². The van der Waals surface area contributed by atoms with Crippen molar-refractivity contribution in [1.29, 1.82) is 5.26 Å². The van der Waals surface area contributed by atoms with Gasteiger partial charge in [-0.15, -0.1) is 11.8 Å². The number of amides is 1. The molecule has 5 heteroatoms. The number of hydrogen-bond acceptors (Lipinski definition) is 4. The third-order valence-corrected chi connectivity index (χ3v) is 3.60. The second-order valence-electron chi connectivity index (χ2n) is 3.94. The minimum Gasteiger partial charge on any atom is -0.330 e. The highest BCUT2D eigenvalue weighted by atomic mass is 32.2. The zero-order valence-electron chi connectivity index (χ0n) is 10.3. The molecule has 18 heavy (non-hydrogen) atoms. The summed E-state index contributed by atoms with van der Waals surface area (Å²) >= 11 is 1.59. The molecular formula is C13H17N3OS. The molecule has 0 aromatic heterocycles. The average molecular weight is 263 g/mol. The molecule has 1 atom stereocenters. The van der Waals surface area contributed by atoms with Crippen LogP contribution in [-0.4, -0.2) is 23.5 Å². The van der Waals surface area contributed by atoms with Gasteiger partial charge in [-0.05, 0) is 37.2 Å². The maximum atomic E-state index is 11.6. The van der Waals surface area contributed by atoms with Crippen LogP contribution >= 0.6 is 11.8 Å². The molecule has 0 radical (unpaired) electrons. The van der Waals surface area contributed by atoms with E-state index in [9.17, 15) is 4.79 Å². The highest BCUT2D eigenvalue weighted by molar-refractivity contribution is 8.00. The predicted molar refractivity (Wildman–Crippen MR) is 75.4 cm³/mol. The monoisotopic (exact) mass is 263 g/mol. The lowest BCUT2D eigenvalue weighted by Crippen LogP contribution is -2.16. The summed E-state index contributed by atoms with van der Waals surface area (Å²) in [5.74, 6) is 0.384. The van der Waals surface area contributed by atoms with Crippen LogP contribution in [0.2, 0.25) is 0 Å². The Hall–Kier alpha value is -1.51. The van der Waals surface area contributed by atoms with Crippen LogP contribution in [0.15, 0.2) is 24.3 Å². The molecule has 0 bridgehead atoms. The standard InChI is InChI=1S/C13H17N3OS/c1-10(6-7-14)18-9-13(17)16-12-4-2-11(8-15)3-5-12/h2-5,10H,6-7,9,14H2,1H3,(H,16,17). The largest absolute Gasteiger partial charge is 0.330 e. The summed E-state index contributed by atoms with van der Waals surface area (Å²) in [5.41, 5.74) is 6.74. The minimum atomic E-state index is -0.0337. The summed E-state index contributed by atoms with van der Waals surface area (Å²) in [7, 11) is 0. The Bertz CT molecular complexity index is 425. The number of nitrogens with one attached hydrogen (secondary N) is 1. The summed E-state index contributed by atoms with van der Waals surface area (Å²) in [6.07, 6.45) is 0.912. The van der Waals surface area contributed by atoms with E-state index in [4.69, 9.17) is 11.0 Å². The lowest BCUT2D eigenvalue weighted by molar-refractivity contribution is -0.113. The molecule has 1 amide bonds. The maximum absolute atomic E-state index is 11.6. The lowest BCUT2D eigenvalue weighted by Gasteiger charge is -2.09. The quantitative estimate of drug-likeness (QED) is 0.822. The number of thioether (sulfide) groups is 1. The van der Waals surface area contributed by atoms with E-state index in [0.29, 0.717) is 28.8 Å². The van der Waals surface area contributed by atoms with Crippen LogP contribution in [0.4, 0.5) is 5.69 Å². The van der Waals surface area contributed by atoms with Gasteiger partial charge in [-0.1, -0.05) is 6.92 Å². The normalized spacial score (nSPS) is 11.6. The molecule has 0 fully saturated rings. The Labute approximate surface area is 112 Å². The summed E-state index contributed by atoms with van der Waals surface area (Å²) in [6, 6.07) is 8.85. The number of anilines is 1. The van der Waals surface area contributed by atoms with E-state index in [1.807, 2.05) is 6.07 Å². The first-order chi connectivity index (χ1) is 8.65. The third kappa shape index (κ3) is 5.21. The van der Waals surface area contributed by atoms with Gasteiger partial charge < -0.3 is 11.1 Å². The fourth-order valence-corrected chi connectivity index (χ4v) is 2.17. The highest BCUT2D eigenvalue weighted by Gasteiger charge is 2.06. The van der Waals surface area contributed by atoms with Gasteiger partial charge >= 0.3 is 0 Å². The van der Waals surface area contributed by atoms with Crippen molar-refractivity contribution in [2.24, 2.45) is 5.73 Å². The number of carbonyl (C=O) groups is 1. The second kappa shape index (κ2) is 7.75. The molecule has 0 saturated carbocycles. The molecule has 3 N–H and O–H groups in total. The van der Waals surface area contributed by atoms with Crippen LogP contribution in [0.5, 0.6) is 0 Å². The summed E-state index contributed by atoms with van der Waals surface area (Å²) in [5, 5.41) is 11.8. The molecule has 1 aromatic rings. The number of nitriles is 1. The zero-order valence-corrected chi connectivity index (χ0v) is 11.2. The van der Waals surface area contributed by atoms with E-state index in [0.717, 1.165) is 6.42 Å². The van der Waals surface area contributed by atoms with E-state index in [1.54, 1.807) is 36.0 Å². The number of hydrogen-bond donors (Lipinski definition) is 2. The lowest BCUT2D eigenvalue weighted by atomic mass is 10.2. The smallest absolute Gasteiger partial charge is 0.234 e. The van der Waals surface area contributed by atoms with Crippen LogP contribution in [0.25, 0.3) is 0 Å². The van der Waals surface area contributed by atoms with Crippen LogP contribution in [0, 0.1) is 11.3 Å². The maximum Gasteiger partial charge on any atom is 0.234 e. The molecule has 0 aliphatic carbocycles. The first kappa shape index (κ1) is 14.6. The van der Waals surface area contributed by atoms with E-state index in [-0.39, 0.29) is 5.91 Å². The van der Waals surface area contributed by atoms with Gasteiger partial charge in [0.2, 0.25) is 5.91 Å². The minimum absolute atomic E-state index is 0.0337. The van der Waals surface area contributed by atoms with Crippen LogP contribution < -0.4 is 11.1 Å². The van der Waals surface area contributed by atoms with Crippen LogP contribution in [0.1, 0.15) is 18.9 Å². The van der Waals surface area contributed by atoms with Crippen molar-refractivity contribution < 1.29 is 4.79 Å². The van der Waals surface area contributed by atoms with Gasteiger partial charge in [0.25, 0.3) is 0 Å². The Balaban J connectivity index is 2.37. The van der Waals surface area contributed by atoms with E-state index in [2.05, 4.69) is 12.2 Å². The molecule has 1 rings (SSSR count). The summed E-state index contributed by atoms with van der Waals surface area (Å²) < 4.78 is 0. The SMILES string of the molecule is CC(CCN)SCC(=O)Nc1ccc(C#N)cc1. The van der Waals surface area contributed by atoms with Crippen molar-refractivity contribution in [3.63, 3.8) is 0 Å². The first-order valence-corrected chi connectivity index (χ1v) is 6.82. The first-order valence-electron chi connectivity index (χ1n) is 5.77.